The van der Waals surface area contributed by atoms with Crippen molar-refractivity contribution < 1.29 is 14.3 Å². The molecule has 0 saturated carbocycles. The molecule has 0 aliphatic carbocycles. The first kappa shape index (κ1) is 19.5. The van der Waals surface area contributed by atoms with E-state index < -0.39 is 5.60 Å². The third-order valence-electron chi connectivity index (χ3n) is 3.73. The second-order valence-electron chi connectivity index (χ2n) is 6.93. The number of hydrogen-bond donors (Lipinski definition) is 1. The van der Waals surface area contributed by atoms with E-state index >= 15 is 0 Å². The van der Waals surface area contributed by atoms with Gasteiger partial charge in [-0.25, -0.2) is 9.78 Å². The van der Waals surface area contributed by atoms with Gasteiger partial charge < -0.3 is 15.0 Å². The molecule has 2 amide bonds. The van der Waals surface area contributed by atoms with Gasteiger partial charge in [-0.15, -0.1) is 0 Å². The zero-order valence-corrected chi connectivity index (χ0v) is 15.7. The Labute approximate surface area is 153 Å². The van der Waals surface area contributed by atoms with Crippen LogP contribution in [0.2, 0.25) is 5.15 Å². The van der Waals surface area contributed by atoms with Gasteiger partial charge in [-0.3, -0.25) is 9.69 Å². The Morgan fingerprint density at radius 1 is 1.24 bits per heavy atom. The molecule has 0 atom stereocenters. The van der Waals surface area contributed by atoms with Crippen molar-refractivity contribution in [3.05, 3.63) is 29.0 Å². The molecular formula is C17H25ClN4O3. The molecule has 1 aliphatic rings. The molecule has 1 N–H and O–H groups in total. The van der Waals surface area contributed by atoms with Gasteiger partial charge in [0.1, 0.15) is 10.8 Å². The van der Waals surface area contributed by atoms with Gasteiger partial charge in [0.05, 0.1) is 5.56 Å². The summed E-state index contributed by atoms with van der Waals surface area (Å²) in [7, 11) is 0. The first-order valence-electron chi connectivity index (χ1n) is 8.34. The lowest BCUT2D eigenvalue weighted by Crippen LogP contribution is -2.51. The maximum absolute atomic E-state index is 12.0. The molecule has 1 aromatic heterocycles. The van der Waals surface area contributed by atoms with Crippen LogP contribution < -0.4 is 5.32 Å². The number of ether oxygens (including phenoxy) is 1. The van der Waals surface area contributed by atoms with Crippen molar-refractivity contribution in [1.29, 1.82) is 0 Å². The van der Waals surface area contributed by atoms with Crippen LogP contribution in [0.1, 0.15) is 31.1 Å². The maximum Gasteiger partial charge on any atom is 0.410 e. The lowest BCUT2D eigenvalue weighted by Gasteiger charge is -2.35. The minimum absolute atomic E-state index is 0.170. The number of amides is 2. The van der Waals surface area contributed by atoms with Crippen LogP contribution in [-0.4, -0.2) is 71.7 Å². The topological polar surface area (TPSA) is 74.8 Å². The fourth-order valence-electron chi connectivity index (χ4n) is 2.42. The number of piperazine rings is 1. The molecule has 0 aromatic carbocycles. The third-order valence-corrected chi connectivity index (χ3v) is 3.95. The van der Waals surface area contributed by atoms with E-state index in [1.165, 1.54) is 6.20 Å². The van der Waals surface area contributed by atoms with Crippen LogP contribution in [0.3, 0.4) is 0 Å². The largest absolute Gasteiger partial charge is 0.444 e. The molecule has 1 saturated heterocycles. The summed E-state index contributed by atoms with van der Waals surface area (Å²) in [5.74, 6) is -0.170. The van der Waals surface area contributed by atoms with Crippen molar-refractivity contribution in [2.24, 2.45) is 0 Å². The van der Waals surface area contributed by atoms with Gasteiger partial charge in [0.15, 0.2) is 0 Å². The summed E-state index contributed by atoms with van der Waals surface area (Å²) in [6, 6.07) is 3.23. The predicted molar refractivity (Wildman–Crippen MR) is 95.8 cm³/mol. The third kappa shape index (κ3) is 6.51. The van der Waals surface area contributed by atoms with E-state index in [0.717, 1.165) is 19.6 Å². The first-order valence-corrected chi connectivity index (χ1v) is 8.72. The Balaban J connectivity index is 1.68. The average molecular weight is 369 g/mol. The van der Waals surface area contributed by atoms with Crippen molar-refractivity contribution in [1.82, 2.24) is 20.1 Å². The molecule has 7 nitrogen and oxygen atoms in total. The minimum Gasteiger partial charge on any atom is -0.444 e. The van der Waals surface area contributed by atoms with Crippen LogP contribution in [-0.2, 0) is 4.74 Å². The zero-order chi connectivity index (χ0) is 18.4. The Bertz CT molecular complexity index is 593. The highest BCUT2D eigenvalue weighted by Gasteiger charge is 2.25. The van der Waals surface area contributed by atoms with Crippen LogP contribution >= 0.6 is 11.6 Å². The summed E-state index contributed by atoms with van der Waals surface area (Å²) in [6.07, 6.45) is 1.19. The Kier molecular flexibility index (Phi) is 6.61. The van der Waals surface area contributed by atoms with Crippen LogP contribution in [0.25, 0.3) is 0 Å². The van der Waals surface area contributed by atoms with E-state index in [1.807, 2.05) is 20.8 Å². The second-order valence-corrected chi connectivity index (χ2v) is 7.32. The van der Waals surface area contributed by atoms with Crippen LogP contribution in [0.4, 0.5) is 4.79 Å². The number of halogens is 1. The summed E-state index contributed by atoms with van der Waals surface area (Å²) in [6.45, 7) is 9.63. The van der Waals surface area contributed by atoms with E-state index in [2.05, 4.69) is 15.2 Å². The van der Waals surface area contributed by atoms with Crippen molar-refractivity contribution in [3.8, 4) is 0 Å². The van der Waals surface area contributed by atoms with E-state index in [1.54, 1.807) is 17.0 Å². The first-order chi connectivity index (χ1) is 11.7. The number of rotatable bonds is 4. The molecule has 0 radical (unpaired) electrons. The van der Waals surface area contributed by atoms with Gasteiger partial charge >= 0.3 is 6.09 Å². The summed E-state index contributed by atoms with van der Waals surface area (Å²) in [4.78, 5) is 31.8. The van der Waals surface area contributed by atoms with E-state index in [0.29, 0.717) is 30.4 Å². The number of carbonyl (C=O) groups is 2. The fourth-order valence-corrected chi connectivity index (χ4v) is 2.53. The van der Waals surface area contributed by atoms with Crippen molar-refractivity contribution >= 4 is 23.6 Å². The van der Waals surface area contributed by atoms with Crippen LogP contribution in [0.15, 0.2) is 18.3 Å². The zero-order valence-electron chi connectivity index (χ0n) is 14.9. The molecule has 2 heterocycles. The molecule has 2 rings (SSSR count). The monoisotopic (exact) mass is 368 g/mol. The molecule has 25 heavy (non-hydrogen) atoms. The summed E-state index contributed by atoms with van der Waals surface area (Å²) in [5.41, 5.74) is 0.00816. The summed E-state index contributed by atoms with van der Waals surface area (Å²) in [5, 5.41) is 3.22. The maximum atomic E-state index is 12.0. The number of pyridine rings is 1. The van der Waals surface area contributed by atoms with E-state index in [4.69, 9.17) is 16.3 Å². The molecule has 0 spiro atoms. The Morgan fingerprint density at radius 2 is 1.92 bits per heavy atom. The Hall–Kier alpha value is -1.86. The lowest BCUT2D eigenvalue weighted by atomic mass is 10.2. The number of aromatic nitrogens is 1. The molecule has 1 aromatic rings. The lowest BCUT2D eigenvalue weighted by molar-refractivity contribution is 0.0147. The smallest absolute Gasteiger partial charge is 0.410 e. The molecule has 8 heteroatoms. The quantitative estimate of drug-likeness (QED) is 0.823. The van der Waals surface area contributed by atoms with Gasteiger partial charge in [0.2, 0.25) is 0 Å². The van der Waals surface area contributed by atoms with Crippen LogP contribution in [0.5, 0.6) is 0 Å². The Morgan fingerprint density at radius 3 is 2.48 bits per heavy atom. The second kappa shape index (κ2) is 8.49. The molecule has 1 fully saturated rings. The standard InChI is InChI=1S/C17H25ClN4O3/c1-17(2,3)25-16(24)22-10-8-21(9-11-22)7-6-19-15(23)13-4-5-14(18)20-12-13/h4-5,12H,6-11H2,1-3H3,(H,19,23). The van der Waals surface area contributed by atoms with Crippen molar-refractivity contribution in [2.75, 3.05) is 39.3 Å². The van der Waals surface area contributed by atoms with Gasteiger partial charge in [-0.2, -0.15) is 0 Å². The molecule has 0 bridgehead atoms. The van der Waals surface area contributed by atoms with E-state index in [9.17, 15) is 9.59 Å². The highest BCUT2D eigenvalue weighted by Crippen LogP contribution is 2.11. The molecule has 1 aliphatic heterocycles. The van der Waals surface area contributed by atoms with Gasteiger partial charge in [-0.05, 0) is 32.9 Å². The van der Waals surface area contributed by atoms with E-state index in [-0.39, 0.29) is 12.0 Å². The van der Waals surface area contributed by atoms with Crippen molar-refractivity contribution in [2.45, 2.75) is 26.4 Å². The average Bonchev–Trinajstić information content (AvgIpc) is 2.54. The van der Waals surface area contributed by atoms with Gasteiger partial charge in [0.25, 0.3) is 5.91 Å². The van der Waals surface area contributed by atoms with Gasteiger partial charge in [0, 0.05) is 45.5 Å². The highest BCUT2D eigenvalue weighted by atomic mass is 35.5. The molecular weight excluding hydrogens is 344 g/mol. The fraction of sp³-hybridized carbons (Fsp3) is 0.588. The molecule has 0 unspecified atom stereocenters. The summed E-state index contributed by atoms with van der Waals surface area (Å²) < 4.78 is 5.38. The van der Waals surface area contributed by atoms with Crippen LogP contribution in [0, 0.1) is 0 Å². The highest BCUT2D eigenvalue weighted by molar-refractivity contribution is 6.29. The summed E-state index contributed by atoms with van der Waals surface area (Å²) >= 11 is 5.71. The normalized spacial score (nSPS) is 15.8. The SMILES string of the molecule is CC(C)(C)OC(=O)N1CCN(CCNC(=O)c2ccc(Cl)nc2)CC1. The van der Waals surface area contributed by atoms with Crippen molar-refractivity contribution in [3.63, 3.8) is 0 Å². The number of hydrogen-bond acceptors (Lipinski definition) is 5. The minimum atomic E-state index is -0.477. The predicted octanol–water partition coefficient (Wildman–Crippen LogP) is 2.02. The number of nitrogens with one attached hydrogen (secondary N) is 1. The molecule has 138 valence electrons. The number of nitrogens with zero attached hydrogens (tertiary/aromatic N) is 3. The van der Waals surface area contributed by atoms with Gasteiger partial charge in [-0.1, -0.05) is 11.6 Å². The number of carbonyl (C=O) groups excluding carboxylic acids is 2.